The molecule has 142 valence electrons. The monoisotopic (exact) mass is 392 g/mol. The molecule has 8 nitrogen and oxygen atoms in total. The van der Waals surface area contributed by atoms with Crippen molar-refractivity contribution >= 4 is 21.1 Å². The van der Waals surface area contributed by atoms with Crippen LogP contribution in [0.4, 0.5) is 0 Å². The number of rotatable bonds is 5. The van der Waals surface area contributed by atoms with Crippen LogP contribution < -0.4 is 19.6 Å². The van der Waals surface area contributed by atoms with Crippen LogP contribution in [-0.4, -0.2) is 34.3 Å². The summed E-state index contributed by atoms with van der Waals surface area (Å²) in [6, 6.07) is 7.05. The first kappa shape index (κ1) is 18.7. The molecule has 0 saturated heterocycles. The minimum Gasteiger partial charge on any atom is -0.496 e. The molecule has 0 atom stereocenters. The van der Waals surface area contributed by atoms with Crippen molar-refractivity contribution in [1.82, 2.24) is 0 Å². The van der Waals surface area contributed by atoms with Gasteiger partial charge in [0.2, 0.25) is 5.43 Å². The van der Waals surface area contributed by atoms with Gasteiger partial charge in [0, 0.05) is 12.1 Å². The molecule has 0 amide bonds. The lowest BCUT2D eigenvalue weighted by atomic mass is 10.0. The Bertz CT molecular complexity index is 1180. The molecule has 0 unspecified atom stereocenters. The van der Waals surface area contributed by atoms with Gasteiger partial charge in [0.25, 0.3) is 10.1 Å². The highest BCUT2D eigenvalue weighted by Gasteiger charge is 2.20. The normalized spacial score (nSPS) is 11.4. The van der Waals surface area contributed by atoms with E-state index in [0.29, 0.717) is 5.75 Å². The van der Waals surface area contributed by atoms with E-state index < -0.39 is 20.4 Å². The Kier molecular flexibility index (Phi) is 4.81. The Morgan fingerprint density at radius 3 is 2.26 bits per heavy atom. The molecule has 1 aromatic heterocycles. The molecule has 3 rings (SSSR count). The van der Waals surface area contributed by atoms with Gasteiger partial charge in [-0.15, -0.1) is 0 Å². The van der Waals surface area contributed by atoms with Crippen LogP contribution in [0.3, 0.4) is 0 Å². The zero-order valence-corrected chi connectivity index (χ0v) is 15.5. The molecule has 0 aliphatic rings. The van der Waals surface area contributed by atoms with Gasteiger partial charge in [-0.05, 0) is 17.7 Å². The van der Waals surface area contributed by atoms with Crippen LogP contribution >= 0.6 is 0 Å². The van der Waals surface area contributed by atoms with Crippen molar-refractivity contribution in [2.75, 3.05) is 21.3 Å². The van der Waals surface area contributed by atoms with Crippen molar-refractivity contribution in [3.63, 3.8) is 0 Å². The van der Waals surface area contributed by atoms with Gasteiger partial charge in [0.05, 0.1) is 26.9 Å². The fourth-order valence-corrected chi connectivity index (χ4v) is 3.40. The lowest BCUT2D eigenvalue weighted by Gasteiger charge is -2.10. The van der Waals surface area contributed by atoms with E-state index in [1.54, 1.807) is 12.1 Å². The van der Waals surface area contributed by atoms with Crippen LogP contribution in [0.2, 0.25) is 0 Å². The van der Waals surface area contributed by atoms with Crippen LogP contribution in [0.5, 0.6) is 17.2 Å². The second-order valence-corrected chi connectivity index (χ2v) is 6.91. The quantitative estimate of drug-likeness (QED) is 0.660. The Hall–Kier alpha value is -3.04. The summed E-state index contributed by atoms with van der Waals surface area (Å²) in [5.74, 6) is 0.658. The molecule has 27 heavy (non-hydrogen) atoms. The number of fused-ring (bicyclic) bond motifs is 1. The average Bonchev–Trinajstić information content (AvgIpc) is 2.66. The Morgan fingerprint density at radius 2 is 1.67 bits per heavy atom. The van der Waals surface area contributed by atoms with Gasteiger partial charge in [-0.25, -0.2) is 0 Å². The summed E-state index contributed by atoms with van der Waals surface area (Å²) in [6.45, 7) is 0. The van der Waals surface area contributed by atoms with E-state index in [9.17, 15) is 17.8 Å². The average molecular weight is 392 g/mol. The fourth-order valence-electron chi connectivity index (χ4n) is 2.72. The van der Waals surface area contributed by atoms with E-state index in [1.807, 2.05) is 0 Å². The zero-order valence-electron chi connectivity index (χ0n) is 14.7. The van der Waals surface area contributed by atoms with Crippen molar-refractivity contribution in [3.8, 4) is 28.4 Å². The molecular weight excluding hydrogens is 376 g/mol. The van der Waals surface area contributed by atoms with Crippen molar-refractivity contribution in [2.45, 2.75) is 4.90 Å². The van der Waals surface area contributed by atoms with Crippen LogP contribution in [0.15, 0.2) is 50.7 Å². The lowest BCUT2D eigenvalue weighted by molar-refractivity contribution is 0.396. The van der Waals surface area contributed by atoms with Gasteiger partial charge in [0.1, 0.15) is 39.4 Å². The van der Waals surface area contributed by atoms with Gasteiger partial charge in [0.15, 0.2) is 0 Å². The fraction of sp³-hybridized carbons (Fsp3) is 0.167. The largest absolute Gasteiger partial charge is 0.496 e. The number of benzene rings is 2. The standard InChI is InChI=1S/C18H16O8S/c1-23-11-7-14(25-3)17-15(8-11)26-9-12(18(17)19)10-4-5-13(24-2)16(6-10)27(20,21)22/h4-9H,1-3H3,(H,20,21,22). The molecule has 0 bridgehead atoms. The lowest BCUT2D eigenvalue weighted by Crippen LogP contribution is -2.08. The van der Waals surface area contributed by atoms with E-state index in [4.69, 9.17) is 18.6 Å². The first-order valence-corrected chi connectivity index (χ1v) is 9.07. The number of ether oxygens (including phenoxy) is 3. The summed E-state index contributed by atoms with van der Waals surface area (Å²) in [6.07, 6.45) is 1.21. The molecule has 3 aromatic rings. The first-order valence-electron chi connectivity index (χ1n) is 7.63. The molecule has 2 aromatic carbocycles. The minimum atomic E-state index is -4.55. The predicted molar refractivity (Wildman–Crippen MR) is 97.4 cm³/mol. The van der Waals surface area contributed by atoms with Crippen molar-refractivity contribution in [3.05, 3.63) is 46.8 Å². The zero-order chi connectivity index (χ0) is 19.8. The summed E-state index contributed by atoms with van der Waals surface area (Å²) in [4.78, 5) is 12.5. The van der Waals surface area contributed by atoms with Gasteiger partial charge < -0.3 is 18.6 Å². The Morgan fingerprint density at radius 1 is 0.963 bits per heavy atom. The highest BCUT2D eigenvalue weighted by molar-refractivity contribution is 7.86. The maximum absolute atomic E-state index is 13.0. The van der Waals surface area contributed by atoms with Crippen LogP contribution in [-0.2, 0) is 10.1 Å². The third-order valence-electron chi connectivity index (χ3n) is 4.02. The summed E-state index contributed by atoms with van der Waals surface area (Å²) in [5.41, 5.74) is 0.154. The molecular formula is C18H16O8S. The van der Waals surface area contributed by atoms with Crippen LogP contribution in [0.1, 0.15) is 0 Å². The van der Waals surface area contributed by atoms with Crippen molar-refractivity contribution < 1.29 is 31.6 Å². The number of hydrogen-bond acceptors (Lipinski definition) is 7. The highest BCUT2D eigenvalue weighted by Crippen LogP contribution is 2.33. The number of hydrogen-bond donors (Lipinski definition) is 1. The second kappa shape index (κ2) is 6.93. The molecule has 0 aliphatic carbocycles. The maximum Gasteiger partial charge on any atom is 0.298 e. The predicted octanol–water partition coefficient (Wildman–Crippen LogP) is 2.73. The molecule has 0 radical (unpaired) electrons. The molecule has 0 saturated carbocycles. The smallest absolute Gasteiger partial charge is 0.298 e. The molecule has 9 heteroatoms. The molecule has 0 fully saturated rings. The van der Waals surface area contributed by atoms with Gasteiger partial charge in [-0.1, -0.05) is 6.07 Å². The first-order chi connectivity index (χ1) is 12.8. The van der Waals surface area contributed by atoms with Gasteiger partial charge >= 0.3 is 0 Å². The summed E-state index contributed by atoms with van der Waals surface area (Å²) < 4.78 is 53.5. The Labute approximate surface area is 154 Å². The summed E-state index contributed by atoms with van der Waals surface area (Å²) in [5, 5.41) is 0.181. The second-order valence-electron chi connectivity index (χ2n) is 5.52. The van der Waals surface area contributed by atoms with Gasteiger partial charge in [-0.3, -0.25) is 9.35 Å². The Balaban J connectivity index is 2.30. The van der Waals surface area contributed by atoms with Crippen molar-refractivity contribution in [1.29, 1.82) is 0 Å². The third-order valence-corrected chi connectivity index (χ3v) is 4.90. The third kappa shape index (κ3) is 3.34. The topological polar surface area (TPSA) is 112 Å². The van der Waals surface area contributed by atoms with Crippen LogP contribution in [0.25, 0.3) is 22.1 Å². The van der Waals surface area contributed by atoms with E-state index >= 15 is 0 Å². The van der Waals surface area contributed by atoms with Crippen molar-refractivity contribution in [2.24, 2.45) is 0 Å². The molecule has 0 aliphatic heterocycles. The minimum absolute atomic E-state index is 0.0475. The van der Waals surface area contributed by atoms with E-state index in [2.05, 4.69) is 0 Å². The highest BCUT2D eigenvalue weighted by atomic mass is 32.2. The molecule has 1 heterocycles. The van der Waals surface area contributed by atoms with E-state index in [-0.39, 0.29) is 33.6 Å². The van der Waals surface area contributed by atoms with Gasteiger partial charge in [-0.2, -0.15) is 8.42 Å². The summed E-state index contributed by atoms with van der Waals surface area (Å²) >= 11 is 0. The molecule has 1 N–H and O–H groups in total. The maximum atomic E-state index is 13.0. The SMILES string of the molecule is COc1cc(OC)c2c(=O)c(-c3ccc(OC)c(S(=O)(=O)O)c3)coc2c1. The molecule has 0 spiro atoms. The van der Waals surface area contributed by atoms with E-state index in [0.717, 1.165) is 6.07 Å². The van der Waals surface area contributed by atoms with Crippen LogP contribution in [0, 0.1) is 0 Å². The number of methoxy groups -OCH3 is 3. The van der Waals surface area contributed by atoms with E-state index in [1.165, 1.54) is 39.7 Å². The summed E-state index contributed by atoms with van der Waals surface area (Å²) in [7, 11) is -0.402.